The third-order valence-corrected chi connectivity index (χ3v) is 5.00. The van der Waals surface area contributed by atoms with Crippen molar-refractivity contribution in [3.8, 4) is 5.75 Å². The van der Waals surface area contributed by atoms with Crippen LogP contribution < -0.4 is 4.74 Å². The maximum Gasteiger partial charge on any atom is 0.222 e. The van der Waals surface area contributed by atoms with Gasteiger partial charge in [0.15, 0.2) is 0 Å². The molecule has 1 unspecified atom stereocenters. The van der Waals surface area contributed by atoms with Crippen molar-refractivity contribution in [2.24, 2.45) is 0 Å². The largest absolute Gasteiger partial charge is 0.497 e. The number of furan rings is 1. The predicted molar refractivity (Wildman–Crippen MR) is 96.6 cm³/mol. The van der Waals surface area contributed by atoms with Crippen LogP contribution in [-0.2, 0) is 11.2 Å². The molecule has 1 amide bonds. The number of piperazine rings is 1. The van der Waals surface area contributed by atoms with E-state index in [2.05, 4.69) is 24.0 Å². The van der Waals surface area contributed by atoms with Crippen LogP contribution in [-0.4, -0.2) is 49.0 Å². The van der Waals surface area contributed by atoms with E-state index in [1.54, 1.807) is 19.6 Å². The number of carbonyl (C=O) groups excluding carboxylic acids is 1. The summed E-state index contributed by atoms with van der Waals surface area (Å²) in [5.41, 5.74) is 2.33. The number of nitrogens with zero attached hydrogens (tertiary/aromatic N) is 2. The number of carbonyl (C=O) groups is 1. The Morgan fingerprint density at radius 1 is 1.24 bits per heavy atom. The summed E-state index contributed by atoms with van der Waals surface area (Å²) in [4.78, 5) is 16.8. The standard InChI is InChI=1S/C20H26N2O3/c1-16(18-4-3-5-19(14-18)24-2)21-9-11-22(12-10-21)20(23)7-6-17-8-13-25-15-17/h3-5,8,13-16H,6-7,9-12H2,1-2H3. The van der Waals surface area contributed by atoms with E-state index in [0.717, 1.165) is 43.9 Å². The number of methoxy groups -OCH3 is 1. The highest BCUT2D eigenvalue weighted by Gasteiger charge is 2.24. The molecular formula is C20H26N2O3. The van der Waals surface area contributed by atoms with E-state index < -0.39 is 0 Å². The van der Waals surface area contributed by atoms with Crippen molar-refractivity contribution in [3.05, 3.63) is 54.0 Å². The lowest BCUT2D eigenvalue weighted by molar-refractivity contribution is -0.133. The molecule has 1 aliphatic rings. The van der Waals surface area contributed by atoms with Crippen molar-refractivity contribution >= 4 is 5.91 Å². The van der Waals surface area contributed by atoms with E-state index in [4.69, 9.17) is 9.15 Å². The topological polar surface area (TPSA) is 45.9 Å². The Morgan fingerprint density at radius 2 is 2.04 bits per heavy atom. The minimum absolute atomic E-state index is 0.231. The van der Waals surface area contributed by atoms with Crippen LogP contribution in [0.4, 0.5) is 0 Å². The molecule has 3 rings (SSSR count). The third kappa shape index (κ3) is 4.42. The van der Waals surface area contributed by atoms with Crippen LogP contribution in [0.3, 0.4) is 0 Å². The quantitative estimate of drug-likeness (QED) is 0.809. The molecule has 25 heavy (non-hydrogen) atoms. The molecule has 0 bridgehead atoms. The highest BCUT2D eigenvalue weighted by atomic mass is 16.5. The van der Waals surface area contributed by atoms with E-state index in [0.29, 0.717) is 12.5 Å². The van der Waals surface area contributed by atoms with Crippen LogP contribution in [0.2, 0.25) is 0 Å². The second-order valence-corrected chi connectivity index (χ2v) is 6.50. The Kier molecular flexibility index (Phi) is 5.76. The molecule has 5 nitrogen and oxygen atoms in total. The second kappa shape index (κ2) is 8.21. The van der Waals surface area contributed by atoms with Crippen molar-refractivity contribution in [1.82, 2.24) is 9.80 Å². The van der Waals surface area contributed by atoms with Gasteiger partial charge in [0.05, 0.1) is 19.6 Å². The lowest BCUT2D eigenvalue weighted by Gasteiger charge is -2.38. The number of hydrogen-bond acceptors (Lipinski definition) is 4. The monoisotopic (exact) mass is 342 g/mol. The van der Waals surface area contributed by atoms with Crippen LogP contribution in [0.1, 0.15) is 30.5 Å². The molecule has 0 aliphatic carbocycles. The van der Waals surface area contributed by atoms with Crippen LogP contribution >= 0.6 is 0 Å². The molecule has 2 heterocycles. The summed E-state index contributed by atoms with van der Waals surface area (Å²) in [6, 6.07) is 10.5. The van der Waals surface area contributed by atoms with Gasteiger partial charge in [-0.3, -0.25) is 9.69 Å². The number of aryl methyl sites for hydroxylation is 1. The maximum absolute atomic E-state index is 12.4. The molecule has 0 radical (unpaired) electrons. The van der Waals surface area contributed by atoms with Gasteiger partial charge in [-0.2, -0.15) is 0 Å². The SMILES string of the molecule is COc1cccc(C(C)N2CCN(C(=O)CCc3ccoc3)CC2)c1. The Balaban J connectivity index is 1.49. The van der Waals surface area contributed by atoms with Crippen molar-refractivity contribution in [2.45, 2.75) is 25.8 Å². The molecule has 1 aromatic carbocycles. The van der Waals surface area contributed by atoms with Crippen molar-refractivity contribution in [2.75, 3.05) is 33.3 Å². The highest BCUT2D eigenvalue weighted by Crippen LogP contribution is 2.25. The summed E-state index contributed by atoms with van der Waals surface area (Å²) in [5.74, 6) is 1.12. The zero-order valence-electron chi connectivity index (χ0n) is 15.0. The van der Waals surface area contributed by atoms with E-state index in [1.165, 1.54) is 5.56 Å². The Labute approximate surface area is 149 Å². The highest BCUT2D eigenvalue weighted by molar-refractivity contribution is 5.76. The first-order valence-corrected chi connectivity index (χ1v) is 8.84. The summed E-state index contributed by atoms with van der Waals surface area (Å²) in [6.07, 6.45) is 4.65. The summed E-state index contributed by atoms with van der Waals surface area (Å²) in [7, 11) is 1.69. The van der Waals surface area contributed by atoms with Gasteiger partial charge >= 0.3 is 0 Å². The Bertz CT molecular complexity index is 676. The van der Waals surface area contributed by atoms with Crippen molar-refractivity contribution in [1.29, 1.82) is 0 Å². The number of rotatable bonds is 6. The molecule has 2 aromatic rings. The zero-order chi connectivity index (χ0) is 17.6. The van der Waals surface area contributed by atoms with Gasteiger partial charge in [-0.15, -0.1) is 0 Å². The molecule has 1 saturated heterocycles. The molecule has 1 fully saturated rings. The van der Waals surface area contributed by atoms with Gasteiger partial charge < -0.3 is 14.1 Å². The summed E-state index contributed by atoms with van der Waals surface area (Å²) in [5, 5.41) is 0. The third-order valence-electron chi connectivity index (χ3n) is 5.00. The van der Waals surface area contributed by atoms with E-state index in [1.807, 2.05) is 23.1 Å². The number of ether oxygens (including phenoxy) is 1. The number of benzene rings is 1. The summed E-state index contributed by atoms with van der Waals surface area (Å²) in [6.45, 7) is 5.59. The predicted octanol–water partition coefficient (Wildman–Crippen LogP) is 3.13. The molecule has 134 valence electrons. The fourth-order valence-electron chi connectivity index (χ4n) is 3.32. The minimum atomic E-state index is 0.231. The first-order valence-electron chi connectivity index (χ1n) is 8.84. The number of amides is 1. The van der Waals surface area contributed by atoms with Gasteiger partial charge in [0.2, 0.25) is 5.91 Å². The molecular weight excluding hydrogens is 316 g/mol. The lowest BCUT2D eigenvalue weighted by Crippen LogP contribution is -2.49. The fraction of sp³-hybridized carbons (Fsp3) is 0.450. The fourth-order valence-corrected chi connectivity index (χ4v) is 3.32. The van der Waals surface area contributed by atoms with E-state index in [-0.39, 0.29) is 5.91 Å². The lowest BCUT2D eigenvalue weighted by atomic mass is 10.1. The van der Waals surface area contributed by atoms with Crippen LogP contribution in [0.15, 0.2) is 47.3 Å². The van der Waals surface area contributed by atoms with Gasteiger partial charge in [-0.25, -0.2) is 0 Å². The van der Waals surface area contributed by atoms with Gasteiger partial charge in [0, 0.05) is 38.6 Å². The molecule has 5 heteroatoms. The van der Waals surface area contributed by atoms with E-state index >= 15 is 0 Å². The van der Waals surface area contributed by atoms with Gasteiger partial charge in [-0.05, 0) is 42.7 Å². The Morgan fingerprint density at radius 3 is 2.72 bits per heavy atom. The smallest absolute Gasteiger partial charge is 0.222 e. The van der Waals surface area contributed by atoms with Crippen LogP contribution in [0.25, 0.3) is 0 Å². The summed E-state index contributed by atoms with van der Waals surface area (Å²) >= 11 is 0. The van der Waals surface area contributed by atoms with E-state index in [9.17, 15) is 4.79 Å². The van der Waals surface area contributed by atoms with Gasteiger partial charge in [0.1, 0.15) is 5.75 Å². The van der Waals surface area contributed by atoms with Crippen LogP contribution in [0, 0.1) is 0 Å². The molecule has 1 aromatic heterocycles. The first-order chi connectivity index (χ1) is 12.2. The molecule has 1 atom stereocenters. The molecule has 0 spiro atoms. The average molecular weight is 342 g/mol. The van der Waals surface area contributed by atoms with Gasteiger partial charge in [0.25, 0.3) is 0 Å². The summed E-state index contributed by atoms with van der Waals surface area (Å²) < 4.78 is 10.4. The Hall–Kier alpha value is -2.27. The van der Waals surface area contributed by atoms with Gasteiger partial charge in [-0.1, -0.05) is 12.1 Å². The van der Waals surface area contributed by atoms with Crippen LogP contribution in [0.5, 0.6) is 5.75 Å². The average Bonchev–Trinajstić information content (AvgIpc) is 3.19. The van der Waals surface area contributed by atoms with Crippen molar-refractivity contribution < 1.29 is 13.9 Å². The molecule has 0 saturated carbocycles. The normalized spacial score (nSPS) is 16.6. The number of hydrogen-bond donors (Lipinski definition) is 0. The zero-order valence-corrected chi connectivity index (χ0v) is 15.0. The molecule has 1 aliphatic heterocycles. The first kappa shape index (κ1) is 17.5. The molecule has 0 N–H and O–H groups in total. The maximum atomic E-state index is 12.4. The van der Waals surface area contributed by atoms with Crippen molar-refractivity contribution in [3.63, 3.8) is 0 Å². The second-order valence-electron chi connectivity index (χ2n) is 6.50. The minimum Gasteiger partial charge on any atom is -0.497 e.